The first-order valence-corrected chi connectivity index (χ1v) is 9.04. The van der Waals surface area contributed by atoms with Gasteiger partial charge in [-0.05, 0) is 30.7 Å². The monoisotopic (exact) mass is 429 g/mol. The average Bonchev–Trinajstić information content (AvgIpc) is 2.97. The van der Waals surface area contributed by atoms with E-state index in [1.807, 2.05) is 0 Å². The molecule has 3 rings (SSSR count). The Morgan fingerprint density at radius 1 is 1.16 bits per heavy atom. The molecular weight excluding hydrogens is 413 g/mol. The molecule has 1 N–H and O–H groups in total. The van der Waals surface area contributed by atoms with E-state index in [2.05, 4.69) is 5.32 Å². The fraction of sp³-hybridized carbons (Fsp3) is 0.200. The quantitative estimate of drug-likeness (QED) is 0.305. The lowest BCUT2D eigenvalue weighted by Gasteiger charge is -2.16. The van der Waals surface area contributed by atoms with Crippen LogP contribution in [0.15, 0.2) is 42.5 Å². The second-order valence-electron chi connectivity index (χ2n) is 6.63. The summed E-state index contributed by atoms with van der Waals surface area (Å²) in [5.41, 5.74) is -0.492. The Labute approximate surface area is 174 Å². The molecule has 1 unspecified atom stereocenters. The van der Waals surface area contributed by atoms with Crippen LogP contribution in [0.5, 0.6) is 0 Å². The highest BCUT2D eigenvalue weighted by molar-refractivity contribution is 6.24. The van der Waals surface area contributed by atoms with Crippen molar-refractivity contribution in [2.24, 2.45) is 0 Å². The summed E-state index contributed by atoms with van der Waals surface area (Å²) in [6.45, 7) is 0.563. The van der Waals surface area contributed by atoms with Crippen LogP contribution in [-0.2, 0) is 20.9 Å². The second-order valence-corrected chi connectivity index (χ2v) is 6.63. The molecule has 31 heavy (non-hydrogen) atoms. The Morgan fingerprint density at radius 3 is 2.48 bits per heavy atom. The number of rotatable bonds is 7. The van der Waals surface area contributed by atoms with Gasteiger partial charge in [-0.3, -0.25) is 34.2 Å². The molecule has 1 heterocycles. The number of benzene rings is 2. The first kappa shape index (κ1) is 21.6. The van der Waals surface area contributed by atoms with Gasteiger partial charge in [-0.15, -0.1) is 0 Å². The fourth-order valence-corrected chi connectivity index (χ4v) is 2.96. The number of nitro groups is 1. The minimum Gasteiger partial charge on any atom is -0.451 e. The van der Waals surface area contributed by atoms with Gasteiger partial charge in [-0.2, -0.15) is 0 Å². The number of hydrogen-bond donors (Lipinski definition) is 1. The number of nitrogens with one attached hydrogen (secondary N) is 1. The molecule has 1 aliphatic heterocycles. The summed E-state index contributed by atoms with van der Waals surface area (Å²) in [4.78, 5) is 60.0. The van der Waals surface area contributed by atoms with Crippen LogP contribution in [0.25, 0.3) is 0 Å². The Hall–Kier alpha value is -4.15. The molecule has 11 heteroatoms. The van der Waals surface area contributed by atoms with E-state index in [1.54, 1.807) is 0 Å². The van der Waals surface area contributed by atoms with Gasteiger partial charge in [0.25, 0.3) is 23.4 Å². The van der Waals surface area contributed by atoms with E-state index < -0.39 is 58.3 Å². The van der Waals surface area contributed by atoms with Crippen LogP contribution in [0.4, 0.5) is 10.1 Å². The zero-order valence-electron chi connectivity index (χ0n) is 16.2. The number of amides is 3. The van der Waals surface area contributed by atoms with E-state index in [-0.39, 0.29) is 12.1 Å². The number of imide groups is 1. The predicted octanol–water partition coefficient (Wildman–Crippen LogP) is 1.58. The normalized spacial score (nSPS) is 13.5. The molecule has 0 saturated heterocycles. The van der Waals surface area contributed by atoms with Crippen LogP contribution < -0.4 is 5.32 Å². The molecule has 1 atom stereocenters. The van der Waals surface area contributed by atoms with Crippen molar-refractivity contribution in [2.75, 3.05) is 6.54 Å². The van der Waals surface area contributed by atoms with Gasteiger partial charge in [0.15, 0.2) is 6.10 Å². The highest BCUT2D eigenvalue weighted by Gasteiger charge is 2.42. The third-order valence-electron chi connectivity index (χ3n) is 4.52. The van der Waals surface area contributed by atoms with Crippen molar-refractivity contribution in [3.8, 4) is 0 Å². The Kier molecular flexibility index (Phi) is 6.05. The molecule has 0 aliphatic carbocycles. The van der Waals surface area contributed by atoms with Crippen LogP contribution in [0, 0.1) is 15.9 Å². The highest BCUT2D eigenvalue weighted by atomic mass is 19.1. The third kappa shape index (κ3) is 4.55. The maximum atomic E-state index is 12.9. The smallest absolute Gasteiger partial charge is 0.326 e. The molecular formula is C20H16FN3O7. The van der Waals surface area contributed by atoms with Crippen molar-refractivity contribution in [2.45, 2.75) is 19.6 Å². The molecule has 0 aromatic heterocycles. The number of hydrogen-bond acceptors (Lipinski definition) is 7. The minimum atomic E-state index is -1.24. The lowest BCUT2D eigenvalue weighted by Crippen LogP contribution is -2.40. The van der Waals surface area contributed by atoms with Gasteiger partial charge < -0.3 is 10.1 Å². The van der Waals surface area contributed by atoms with Crippen LogP contribution in [0.2, 0.25) is 0 Å². The van der Waals surface area contributed by atoms with Gasteiger partial charge in [0.2, 0.25) is 0 Å². The van der Waals surface area contributed by atoms with Crippen molar-refractivity contribution in [1.29, 1.82) is 0 Å². The lowest BCUT2D eigenvalue weighted by molar-refractivity contribution is -0.385. The summed E-state index contributed by atoms with van der Waals surface area (Å²) >= 11 is 0. The van der Waals surface area contributed by atoms with Gasteiger partial charge in [0.1, 0.15) is 17.9 Å². The van der Waals surface area contributed by atoms with Gasteiger partial charge in [0.05, 0.1) is 10.5 Å². The number of nitro benzene ring substituents is 1. The molecule has 3 amide bonds. The third-order valence-corrected chi connectivity index (χ3v) is 4.52. The summed E-state index contributed by atoms with van der Waals surface area (Å²) in [6, 6.07) is 9.02. The van der Waals surface area contributed by atoms with Crippen LogP contribution in [0.1, 0.15) is 33.2 Å². The average molecular weight is 429 g/mol. The Balaban J connectivity index is 1.59. The number of esters is 1. The Bertz CT molecular complexity index is 1080. The molecule has 10 nitrogen and oxygen atoms in total. The van der Waals surface area contributed by atoms with E-state index in [1.165, 1.54) is 43.3 Å². The zero-order chi connectivity index (χ0) is 22.7. The molecule has 0 radical (unpaired) electrons. The number of nitrogens with zero attached hydrogens (tertiary/aromatic N) is 2. The van der Waals surface area contributed by atoms with E-state index in [9.17, 15) is 33.7 Å². The molecule has 0 bridgehead atoms. The summed E-state index contributed by atoms with van der Waals surface area (Å²) in [5.74, 6) is -3.96. The summed E-state index contributed by atoms with van der Waals surface area (Å²) < 4.78 is 17.9. The zero-order valence-corrected chi connectivity index (χ0v) is 16.2. The molecule has 0 spiro atoms. The molecule has 160 valence electrons. The van der Waals surface area contributed by atoms with Gasteiger partial charge in [-0.25, -0.2) is 4.39 Å². The van der Waals surface area contributed by atoms with Crippen LogP contribution in [0.3, 0.4) is 0 Å². The highest BCUT2D eigenvalue weighted by Crippen LogP contribution is 2.30. The van der Waals surface area contributed by atoms with E-state index in [0.29, 0.717) is 10.5 Å². The van der Waals surface area contributed by atoms with E-state index in [4.69, 9.17) is 4.74 Å². The maximum Gasteiger partial charge on any atom is 0.326 e. The van der Waals surface area contributed by atoms with E-state index >= 15 is 0 Å². The van der Waals surface area contributed by atoms with Crippen molar-refractivity contribution >= 4 is 29.4 Å². The molecule has 2 aromatic carbocycles. The van der Waals surface area contributed by atoms with Crippen LogP contribution in [-0.4, -0.2) is 46.2 Å². The largest absolute Gasteiger partial charge is 0.451 e. The molecule has 0 fully saturated rings. The van der Waals surface area contributed by atoms with Crippen molar-refractivity contribution in [1.82, 2.24) is 10.2 Å². The van der Waals surface area contributed by atoms with Crippen molar-refractivity contribution < 1.29 is 33.2 Å². The van der Waals surface area contributed by atoms with Crippen molar-refractivity contribution in [3.05, 3.63) is 75.1 Å². The number of carbonyl (C=O) groups excluding carboxylic acids is 4. The second kappa shape index (κ2) is 8.69. The molecule has 0 saturated carbocycles. The van der Waals surface area contributed by atoms with Gasteiger partial charge in [-0.1, -0.05) is 18.2 Å². The molecule has 1 aliphatic rings. The van der Waals surface area contributed by atoms with Crippen molar-refractivity contribution in [3.63, 3.8) is 0 Å². The number of ether oxygens (including phenoxy) is 1. The standard InChI is InChI=1S/C20H16FN3O7/c1-11(18(26)22-9-12-5-7-13(21)8-6-12)31-16(25)10-23-19(27)14-3-2-4-15(24(29)30)17(14)20(23)28/h2-8,11H,9-10H2,1H3,(H,22,26). The number of halogens is 1. The SMILES string of the molecule is CC(OC(=O)CN1C(=O)c2cccc([N+](=O)[O-])c2C1=O)C(=O)NCc1ccc(F)cc1. The van der Waals surface area contributed by atoms with Gasteiger partial charge >= 0.3 is 5.97 Å². The van der Waals surface area contributed by atoms with E-state index in [0.717, 1.165) is 6.07 Å². The summed E-state index contributed by atoms with van der Waals surface area (Å²) in [7, 11) is 0. The van der Waals surface area contributed by atoms with Crippen LogP contribution >= 0.6 is 0 Å². The lowest BCUT2D eigenvalue weighted by atomic mass is 10.1. The first-order chi connectivity index (χ1) is 14.7. The summed E-state index contributed by atoms with van der Waals surface area (Å²) in [5, 5.41) is 13.6. The summed E-state index contributed by atoms with van der Waals surface area (Å²) in [6.07, 6.45) is -1.24. The van der Waals surface area contributed by atoms with Gasteiger partial charge in [0, 0.05) is 12.6 Å². The topological polar surface area (TPSA) is 136 Å². The Morgan fingerprint density at radius 2 is 1.84 bits per heavy atom. The predicted molar refractivity (Wildman–Crippen MR) is 102 cm³/mol. The fourth-order valence-electron chi connectivity index (χ4n) is 2.96. The number of carbonyl (C=O) groups is 4. The first-order valence-electron chi connectivity index (χ1n) is 9.04. The molecule has 2 aromatic rings. The maximum absolute atomic E-state index is 12.9. The minimum absolute atomic E-state index is 0.0725. The number of fused-ring (bicyclic) bond motifs is 1.